The smallest absolute Gasteiger partial charge is 0.272 e. The molecule has 26 heavy (non-hydrogen) atoms. The summed E-state index contributed by atoms with van der Waals surface area (Å²) in [6.07, 6.45) is 4.44. The van der Waals surface area contributed by atoms with Gasteiger partial charge in [-0.1, -0.05) is 11.6 Å². The van der Waals surface area contributed by atoms with Gasteiger partial charge in [0.1, 0.15) is 18.5 Å². The van der Waals surface area contributed by atoms with Crippen LogP contribution in [-0.4, -0.2) is 34.4 Å². The van der Waals surface area contributed by atoms with Gasteiger partial charge in [-0.05, 0) is 48.9 Å². The molecule has 3 heterocycles. The van der Waals surface area contributed by atoms with Crippen LogP contribution in [0.25, 0.3) is 0 Å². The van der Waals surface area contributed by atoms with E-state index in [1.54, 1.807) is 10.7 Å². The molecule has 0 spiro atoms. The van der Waals surface area contributed by atoms with Crippen molar-refractivity contribution in [3.8, 4) is 11.6 Å². The second-order valence-corrected chi connectivity index (χ2v) is 7.75. The molecule has 0 saturated heterocycles. The van der Waals surface area contributed by atoms with Gasteiger partial charge < -0.3 is 14.8 Å². The van der Waals surface area contributed by atoms with Gasteiger partial charge in [-0.25, -0.2) is 4.68 Å². The van der Waals surface area contributed by atoms with E-state index in [-0.39, 0.29) is 18.1 Å². The molecule has 3 aliphatic rings. The lowest BCUT2D eigenvalue weighted by atomic mass is 10.0. The van der Waals surface area contributed by atoms with Crippen LogP contribution in [0.15, 0.2) is 24.3 Å². The zero-order valence-corrected chi connectivity index (χ0v) is 15.0. The Morgan fingerprint density at radius 3 is 3.00 bits per heavy atom. The van der Waals surface area contributed by atoms with Crippen molar-refractivity contribution in [1.82, 2.24) is 15.1 Å². The minimum Gasteiger partial charge on any atom is -0.491 e. The third-order valence-electron chi connectivity index (χ3n) is 5.29. The normalized spacial score (nSPS) is 24.0. The van der Waals surface area contributed by atoms with Gasteiger partial charge in [0.2, 0.25) is 5.88 Å². The van der Waals surface area contributed by atoms with Crippen molar-refractivity contribution in [3.63, 3.8) is 0 Å². The molecule has 1 aliphatic carbocycles. The number of aromatic nitrogens is 2. The molecule has 2 aliphatic heterocycles. The fraction of sp³-hybridized carbons (Fsp3) is 0.474. The number of benzene rings is 1. The van der Waals surface area contributed by atoms with Crippen molar-refractivity contribution in [2.45, 2.75) is 44.4 Å². The predicted molar refractivity (Wildman–Crippen MR) is 95.9 cm³/mol. The molecule has 2 aromatic rings. The van der Waals surface area contributed by atoms with Crippen molar-refractivity contribution in [1.29, 1.82) is 0 Å². The van der Waals surface area contributed by atoms with Gasteiger partial charge in [0, 0.05) is 24.1 Å². The summed E-state index contributed by atoms with van der Waals surface area (Å²) >= 11 is 6.05. The number of carbonyl (C=O) groups excluding carboxylic acids is 1. The molecule has 2 atom stereocenters. The lowest BCUT2D eigenvalue weighted by molar-refractivity contribution is 0.0909. The second kappa shape index (κ2) is 6.20. The highest BCUT2D eigenvalue weighted by Gasteiger charge is 2.36. The largest absolute Gasteiger partial charge is 0.491 e. The summed E-state index contributed by atoms with van der Waals surface area (Å²) in [5.41, 5.74) is 1.40. The Morgan fingerprint density at radius 1 is 1.27 bits per heavy atom. The number of rotatable bonds is 3. The number of aryl methyl sites for hydroxylation is 1. The quantitative estimate of drug-likeness (QED) is 0.898. The standard InChI is InChI=1S/C19H20ClN3O3/c20-13-3-4-16-12(7-13)8-14(10-25-16)21-19(24)15-9-18-23(22-15)6-5-17(26-18)11-1-2-11/h3-4,7,9,11,14,17H,1-2,5-6,8,10H2,(H,21,24)/t14-,17?/m1/s1. The van der Waals surface area contributed by atoms with Crippen LogP contribution >= 0.6 is 11.6 Å². The minimum absolute atomic E-state index is 0.104. The maximum Gasteiger partial charge on any atom is 0.272 e. The molecule has 1 amide bonds. The number of fused-ring (bicyclic) bond motifs is 2. The molecule has 1 saturated carbocycles. The van der Waals surface area contributed by atoms with E-state index in [2.05, 4.69) is 10.4 Å². The Hall–Kier alpha value is -2.21. The number of carbonyl (C=O) groups is 1. The zero-order valence-electron chi connectivity index (χ0n) is 14.3. The molecule has 136 valence electrons. The van der Waals surface area contributed by atoms with E-state index in [1.165, 1.54) is 12.8 Å². The minimum atomic E-state index is -0.197. The molecule has 6 nitrogen and oxygen atoms in total. The van der Waals surface area contributed by atoms with E-state index in [1.807, 2.05) is 18.2 Å². The highest BCUT2D eigenvalue weighted by Crippen LogP contribution is 2.38. The first-order chi connectivity index (χ1) is 12.7. The summed E-state index contributed by atoms with van der Waals surface area (Å²) in [4.78, 5) is 12.6. The first kappa shape index (κ1) is 16.0. The molecule has 0 radical (unpaired) electrons. The fourth-order valence-corrected chi connectivity index (χ4v) is 3.94. The molecule has 1 aromatic carbocycles. The van der Waals surface area contributed by atoms with Crippen molar-refractivity contribution in [2.24, 2.45) is 5.92 Å². The van der Waals surface area contributed by atoms with Gasteiger partial charge in [0.15, 0.2) is 5.69 Å². The average molecular weight is 374 g/mol. The van der Waals surface area contributed by atoms with Crippen molar-refractivity contribution in [3.05, 3.63) is 40.5 Å². The Balaban J connectivity index is 1.26. The van der Waals surface area contributed by atoms with Crippen LogP contribution < -0.4 is 14.8 Å². The number of hydrogen-bond acceptors (Lipinski definition) is 4. The number of hydrogen-bond donors (Lipinski definition) is 1. The zero-order chi connectivity index (χ0) is 17.7. The molecule has 0 bridgehead atoms. The highest BCUT2D eigenvalue weighted by atomic mass is 35.5. The number of nitrogens with one attached hydrogen (secondary N) is 1. The first-order valence-corrected chi connectivity index (χ1v) is 9.50. The topological polar surface area (TPSA) is 65.4 Å². The van der Waals surface area contributed by atoms with Crippen LogP contribution in [0.1, 0.15) is 35.3 Å². The summed E-state index contributed by atoms with van der Waals surface area (Å²) in [6, 6.07) is 7.21. The van der Waals surface area contributed by atoms with Crippen LogP contribution in [0.4, 0.5) is 0 Å². The number of nitrogens with zero attached hydrogens (tertiary/aromatic N) is 2. The summed E-state index contributed by atoms with van der Waals surface area (Å²) in [6.45, 7) is 1.25. The number of ether oxygens (including phenoxy) is 2. The molecular formula is C19H20ClN3O3. The van der Waals surface area contributed by atoms with E-state index >= 15 is 0 Å². The molecule has 1 unspecified atom stereocenters. The van der Waals surface area contributed by atoms with Crippen molar-refractivity contribution >= 4 is 17.5 Å². The predicted octanol–water partition coefficient (Wildman–Crippen LogP) is 2.83. The van der Waals surface area contributed by atoms with Gasteiger partial charge in [0.25, 0.3) is 5.91 Å². The molecule has 1 aromatic heterocycles. The summed E-state index contributed by atoms with van der Waals surface area (Å²) < 4.78 is 13.5. The van der Waals surface area contributed by atoms with Crippen LogP contribution in [0.5, 0.6) is 11.6 Å². The monoisotopic (exact) mass is 373 g/mol. The Bertz CT molecular complexity index is 862. The van der Waals surface area contributed by atoms with Crippen LogP contribution in [0, 0.1) is 5.92 Å². The Labute approximate surface area is 156 Å². The molecule has 1 N–H and O–H groups in total. The maximum atomic E-state index is 12.6. The lowest BCUT2D eigenvalue weighted by Crippen LogP contribution is -2.42. The lowest BCUT2D eigenvalue weighted by Gasteiger charge is -2.26. The van der Waals surface area contributed by atoms with Crippen molar-refractivity contribution < 1.29 is 14.3 Å². The second-order valence-electron chi connectivity index (χ2n) is 7.31. The van der Waals surface area contributed by atoms with Gasteiger partial charge in [0.05, 0.1) is 6.04 Å². The van der Waals surface area contributed by atoms with Crippen LogP contribution in [0.3, 0.4) is 0 Å². The van der Waals surface area contributed by atoms with E-state index < -0.39 is 0 Å². The molecular weight excluding hydrogens is 354 g/mol. The summed E-state index contributed by atoms with van der Waals surface area (Å²) in [5.74, 6) is 2.02. The summed E-state index contributed by atoms with van der Waals surface area (Å²) in [7, 11) is 0. The van der Waals surface area contributed by atoms with E-state index in [0.717, 1.165) is 24.3 Å². The molecule has 5 rings (SSSR count). The summed E-state index contributed by atoms with van der Waals surface area (Å²) in [5, 5.41) is 8.09. The van der Waals surface area contributed by atoms with Crippen LogP contribution in [-0.2, 0) is 13.0 Å². The third-order valence-corrected chi connectivity index (χ3v) is 5.52. The number of halogens is 1. The fourth-order valence-electron chi connectivity index (χ4n) is 3.74. The van der Waals surface area contributed by atoms with Crippen LogP contribution in [0.2, 0.25) is 5.02 Å². The maximum absolute atomic E-state index is 12.6. The third kappa shape index (κ3) is 3.03. The molecule has 7 heteroatoms. The van der Waals surface area contributed by atoms with E-state index in [9.17, 15) is 4.79 Å². The highest BCUT2D eigenvalue weighted by molar-refractivity contribution is 6.30. The SMILES string of the molecule is O=C(N[C@H]1COc2ccc(Cl)cc2C1)c1cc2n(n1)CCC(C1CC1)O2. The van der Waals surface area contributed by atoms with Gasteiger partial charge in [-0.2, -0.15) is 5.10 Å². The first-order valence-electron chi connectivity index (χ1n) is 9.12. The Kier molecular flexibility index (Phi) is 3.81. The van der Waals surface area contributed by atoms with E-state index in [4.69, 9.17) is 21.1 Å². The van der Waals surface area contributed by atoms with Gasteiger partial charge >= 0.3 is 0 Å². The number of amides is 1. The van der Waals surface area contributed by atoms with Crippen molar-refractivity contribution in [2.75, 3.05) is 6.61 Å². The van der Waals surface area contributed by atoms with E-state index in [0.29, 0.717) is 35.5 Å². The average Bonchev–Trinajstić information content (AvgIpc) is 3.39. The van der Waals surface area contributed by atoms with Gasteiger partial charge in [-0.15, -0.1) is 0 Å². The Morgan fingerprint density at radius 2 is 2.15 bits per heavy atom. The molecule has 1 fully saturated rings. The van der Waals surface area contributed by atoms with Gasteiger partial charge in [-0.3, -0.25) is 4.79 Å².